The van der Waals surface area contributed by atoms with E-state index in [1.165, 1.54) is 55.5 Å². The van der Waals surface area contributed by atoms with Gasteiger partial charge < -0.3 is 4.57 Å². The van der Waals surface area contributed by atoms with Crippen molar-refractivity contribution < 1.29 is 0 Å². The van der Waals surface area contributed by atoms with Gasteiger partial charge in [0.15, 0.2) is 0 Å². The number of hydrazine groups is 1. The van der Waals surface area contributed by atoms with Crippen molar-refractivity contribution in [1.29, 1.82) is 0 Å². The molecule has 1 fully saturated rings. The van der Waals surface area contributed by atoms with Crippen molar-refractivity contribution in [2.75, 3.05) is 0 Å². The molecule has 47 heavy (non-hydrogen) atoms. The number of nitrogens with one attached hydrogen (secondary N) is 2. The molecular weight excluding hydrogens is 573 g/mol. The monoisotopic (exact) mass is 612 g/mol. The van der Waals surface area contributed by atoms with E-state index in [4.69, 9.17) is 0 Å². The number of hydrogen-bond acceptors (Lipinski definition) is 3. The van der Waals surface area contributed by atoms with Crippen LogP contribution in [0.15, 0.2) is 140 Å². The van der Waals surface area contributed by atoms with E-state index in [-0.39, 0.29) is 29.1 Å². The first-order valence-electron chi connectivity index (χ1n) is 16.8. The van der Waals surface area contributed by atoms with Crippen LogP contribution in [0, 0.1) is 0 Å². The molecule has 2 heterocycles. The molecule has 1 aliphatic heterocycles. The topological polar surface area (TPSA) is 32.2 Å². The van der Waals surface area contributed by atoms with E-state index in [1.54, 1.807) is 0 Å². The molecule has 1 saturated heterocycles. The van der Waals surface area contributed by atoms with E-state index in [0.717, 1.165) is 0 Å². The SMILES string of the molecule is CC1(C)c2ccccc2C2(C)C=Cc3c(n(CN4NC(c5ccccc5)NC4c4ccccc4)c4ccc(-c5ccccc5)cc34)C12. The van der Waals surface area contributed by atoms with Gasteiger partial charge in [0.05, 0.1) is 18.4 Å². The molecule has 9 rings (SSSR count). The Balaban J connectivity index is 1.24. The Morgan fingerprint density at radius 1 is 0.660 bits per heavy atom. The molecular formula is C43H40N4. The molecule has 4 unspecified atom stereocenters. The highest BCUT2D eigenvalue weighted by Crippen LogP contribution is 2.62. The van der Waals surface area contributed by atoms with Crippen LogP contribution in [0.3, 0.4) is 0 Å². The van der Waals surface area contributed by atoms with Gasteiger partial charge >= 0.3 is 0 Å². The third-order valence-electron chi connectivity index (χ3n) is 11.1. The molecule has 2 aliphatic carbocycles. The van der Waals surface area contributed by atoms with Crippen LogP contribution in [0.1, 0.15) is 72.5 Å². The number of hydrogen-bond donors (Lipinski definition) is 2. The minimum absolute atomic E-state index is 0.001000. The summed E-state index contributed by atoms with van der Waals surface area (Å²) in [7, 11) is 0. The normalized spacial score (nSPS) is 24.3. The van der Waals surface area contributed by atoms with E-state index in [9.17, 15) is 0 Å². The molecule has 0 amide bonds. The fourth-order valence-electron chi connectivity index (χ4n) is 9.02. The highest BCUT2D eigenvalue weighted by molar-refractivity contribution is 5.96. The van der Waals surface area contributed by atoms with Crippen LogP contribution < -0.4 is 10.7 Å². The fraction of sp³-hybridized carbons (Fsp3) is 0.209. The van der Waals surface area contributed by atoms with Crippen molar-refractivity contribution in [3.8, 4) is 11.1 Å². The number of allylic oxidation sites excluding steroid dienone is 1. The van der Waals surface area contributed by atoms with Gasteiger partial charge in [-0.15, -0.1) is 0 Å². The molecule has 0 bridgehead atoms. The van der Waals surface area contributed by atoms with Crippen LogP contribution in [0.5, 0.6) is 0 Å². The quantitative estimate of drug-likeness (QED) is 0.203. The lowest BCUT2D eigenvalue weighted by atomic mass is 9.64. The van der Waals surface area contributed by atoms with Gasteiger partial charge in [0.25, 0.3) is 0 Å². The zero-order valence-corrected chi connectivity index (χ0v) is 27.2. The highest BCUT2D eigenvalue weighted by atomic mass is 15.7. The standard InChI is InChI=1S/C43H40N4/c1-42(2)35-21-13-14-22-36(35)43(3)26-25-33-34-27-32(29-15-7-4-8-16-29)23-24-37(34)46(38(33)39(42)43)28-47-41(31-19-11-6-12-20-31)44-40(45-47)30-17-9-5-10-18-30/h4-27,39-41,44-45H,28H2,1-3H3. The summed E-state index contributed by atoms with van der Waals surface area (Å²) >= 11 is 0. The summed E-state index contributed by atoms with van der Waals surface area (Å²) in [6.45, 7) is 8.06. The Labute approximate surface area is 277 Å². The van der Waals surface area contributed by atoms with E-state index < -0.39 is 0 Å². The number of nitrogens with zero attached hydrogens (tertiary/aromatic N) is 2. The van der Waals surface area contributed by atoms with Gasteiger partial charge in [-0.25, -0.2) is 10.4 Å². The second-order valence-electron chi connectivity index (χ2n) is 14.2. The predicted octanol–water partition coefficient (Wildman–Crippen LogP) is 9.43. The summed E-state index contributed by atoms with van der Waals surface area (Å²) in [4.78, 5) is 0. The number of aromatic nitrogens is 1. The van der Waals surface area contributed by atoms with Crippen molar-refractivity contribution in [3.05, 3.63) is 173 Å². The lowest BCUT2D eigenvalue weighted by Crippen LogP contribution is -2.40. The molecule has 4 heteroatoms. The van der Waals surface area contributed by atoms with E-state index in [2.05, 4.69) is 187 Å². The Hall–Kier alpha value is -4.74. The molecule has 4 nitrogen and oxygen atoms in total. The fourth-order valence-corrected chi connectivity index (χ4v) is 9.02. The number of rotatable bonds is 5. The smallest absolute Gasteiger partial charge is 0.103 e. The zero-order chi connectivity index (χ0) is 31.8. The maximum Gasteiger partial charge on any atom is 0.103 e. The van der Waals surface area contributed by atoms with Crippen molar-refractivity contribution >= 4 is 17.0 Å². The van der Waals surface area contributed by atoms with Gasteiger partial charge in [0.1, 0.15) is 6.17 Å². The zero-order valence-electron chi connectivity index (χ0n) is 27.2. The number of benzene rings is 5. The van der Waals surface area contributed by atoms with Gasteiger partial charge in [0.2, 0.25) is 0 Å². The minimum Gasteiger partial charge on any atom is -0.329 e. The maximum absolute atomic E-state index is 3.92. The molecule has 5 aromatic carbocycles. The molecule has 4 atom stereocenters. The van der Waals surface area contributed by atoms with Crippen molar-refractivity contribution in [2.24, 2.45) is 0 Å². The first-order chi connectivity index (χ1) is 22.9. The summed E-state index contributed by atoms with van der Waals surface area (Å²) in [6.07, 6.45) is 4.92. The molecule has 2 N–H and O–H groups in total. The molecule has 6 aromatic rings. The summed E-state index contributed by atoms with van der Waals surface area (Å²) in [5.74, 6) is 0.274. The van der Waals surface area contributed by atoms with Gasteiger partial charge in [-0.3, -0.25) is 5.32 Å². The van der Waals surface area contributed by atoms with E-state index in [1.807, 2.05) is 0 Å². The predicted molar refractivity (Wildman–Crippen MR) is 192 cm³/mol. The second kappa shape index (κ2) is 10.6. The largest absolute Gasteiger partial charge is 0.329 e. The first kappa shape index (κ1) is 28.5. The molecule has 0 radical (unpaired) electrons. The number of fused-ring (bicyclic) bond motifs is 7. The Morgan fingerprint density at radius 3 is 2.02 bits per heavy atom. The summed E-state index contributed by atoms with van der Waals surface area (Å²) in [6, 6.07) is 48.5. The van der Waals surface area contributed by atoms with Crippen molar-refractivity contribution in [1.82, 2.24) is 20.3 Å². The van der Waals surface area contributed by atoms with Gasteiger partial charge in [-0.2, -0.15) is 0 Å². The van der Waals surface area contributed by atoms with Gasteiger partial charge in [-0.05, 0) is 50.9 Å². The lowest BCUT2D eigenvalue weighted by molar-refractivity contribution is 0.127. The second-order valence-corrected chi connectivity index (χ2v) is 14.2. The summed E-state index contributed by atoms with van der Waals surface area (Å²) in [5, 5.41) is 7.64. The maximum atomic E-state index is 3.92. The molecule has 0 spiro atoms. The average molecular weight is 613 g/mol. The lowest BCUT2D eigenvalue weighted by Gasteiger charge is -2.41. The Kier molecular flexibility index (Phi) is 6.45. The average Bonchev–Trinajstić information content (AvgIpc) is 3.73. The minimum atomic E-state index is -0.108. The third-order valence-corrected chi connectivity index (χ3v) is 11.1. The molecule has 232 valence electrons. The van der Waals surface area contributed by atoms with Crippen LogP contribution in [0.2, 0.25) is 0 Å². The Bertz CT molecular complexity index is 2130. The summed E-state index contributed by atoms with van der Waals surface area (Å²) in [5.41, 5.74) is 15.7. The third kappa shape index (κ3) is 4.33. The Morgan fingerprint density at radius 2 is 1.30 bits per heavy atom. The van der Waals surface area contributed by atoms with Gasteiger partial charge in [0, 0.05) is 28.0 Å². The van der Waals surface area contributed by atoms with Crippen LogP contribution in [-0.2, 0) is 17.5 Å². The van der Waals surface area contributed by atoms with E-state index >= 15 is 0 Å². The van der Waals surface area contributed by atoms with Crippen molar-refractivity contribution in [2.45, 2.75) is 56.5 Å². The van der Waals surface area contributed by atoms with Crippen LogP contribution >= 0.6 is 0 Å². The highest BCUT2D eigenvalue weighted by Gasteiger charge is 2.56. The molecule has 1 aromatic heterocycles. The van der Waals surface area contributed by atoms with Crippen LogP contribution in [-0.4, -0.2) is 9.58 Å². The van der Waals surface area contributed by atoms with E-state index in [0.29, 0.717) is 6.67 Å². The van der Waals surface area contributed by atoms with Crippen LogP contribution in [0.4, 0.5) is 0 Å². The van der Waals surface area contributed by atoms with Crippen LogP contribution in [0.25, 0.3) is 28.1 Å². The first-order valence-corrected chi connectivity index (χ1v) is 16.8. The van der Waals surface area contributed by atoms with Crippen molar-refractivity contribution in [3.63, 3.8) is 0 Å². The van der Waals surface area contributed by atoms with Gasteiger partial charge in [-0.1, -0.05) is 154 Å². The molecule has 3 aliphatic rings. The summed E-state index contributed by atoms with van der Waals surface area (Å²) < 4.78 is 2.62. The molecule has 0 saturated carbocycles.